The molecule has 1 unspecified atom stereocenters. The normalized spacial score (nSPS) is 13.1. The second-order valence-electron chi connectivity index (χ2n) is 5.56. The molecule has 0 aliphatic heterocycles. The zero-order valence-corrected chi connectivity index (χ0v) is 20.2. The Hall–Kier alpha value is -0.590. The number of thiophene rings is 1. The lowest BCUT2D eigenvalue weighted by atomic mass is 10.1. The van der Waals surface area contributed by atoms with Gasteiger partial charge in [0.1, 0.15) is 4.21 Å². The first kappa shape index (κ1) is 24.4. The van der Waals surface area contributed by atoms with Crippen LogP contribution in [0.2, 0.25) is 10.0 Å². The first-order valence-corrected chi connectivity index (χ1v) is 10.8. The van der Waals surface area contributed by atoms with E-state index in [0.29, 0.717) is 10.0 Å². The number of nitrogens with two attached hydrogens (primary N) is 1. The fourth-order valence-electron chi connectivity index (χ4n) is 2.18. The van der Waals surface area contributed by atoms with Crippen molar-refractivity contribution in [2.45, 2.75) is 24.1 Å². The standard InChI is InChI=1S/C16H20Cl2N4O2S2.HI/c1-10-3-6-15(25-10)26(23,24)21-8-7-20-16(19)22-11(2)13-5-4-12(17)9-14(13)18;/h3-6,9,11,21H,7-8H2,1-2H3,(H3,19,20,22);1H. The highest BCUT2D eigenvalue weighted by molar-refractivity contribution is 14.0. The van der Waals surface area contributed by atoms with Crippen molar-refractivity contribution in [2.75, 3.05) is 13.1 Å². The number of guanidine groups is 1. The summed E-state index contributed by atoms with van der Waals surface area (Å²) in [4.78, 5) is 5.07. The van der Waals surface area contributed by atoms with E-state index in [2.05, 4.69) is 15.0 Å². The number of halogens is 3. The smallest absolute Gasteiger partial charge is 0.250 e. The lowest BCUT2D eigenvalue weighted by molar-refractivity contribution is 0.584. The predicted molar refractivity (Wildman–Crippen MR) is 124 cm³/mol. The summed E-state index contributed by atoms with van der Waals surface area (Å²) in [5, 5.41) is 4.10. The number of aryl methyl sites for hydroxylation is 1. The Labute approximate surface area is 190 Å². The molecule has 11 heteroatoms. The van der Waals surface area contributed by atoms with Crippen LogP contribution in [0.25, 0.3) is 0 Å². The van der Waals surface area contributed by atoms with Crippen LogP contribution in [0.5, 0.6) is 0 Å². The van der Waals surface area contributed by atoms with Crippen LogP contribution in [0.15, 0.2) is 39.5 Å². The molecular formula is C16H21Cl2IN4O2S2. The summed E-state index contributed by atoms with van der Waals surface area (Å²) in [5.41, 5.74) is 6.69. The van der Waals surface area contributed by atoms with Gasteiger partial charge in [0.05, 0.1) is 12.6 Å². The minimum absolute atomic E-state index is 0. The fourth-order valence-corrected chi connectivity index (χ4v) is 5.10. The van der Waals surface area contributed by atoms with E-state index in [9.17, 15) is 8.42 Å². The molecule has 0 aliphatic carbocycles. The van der Waals surface area contributed by atoms with Gasteiger partial charge in [-0.1, -0.05) is 29.3 Å². The van der Waals surface area contributed by atoms with E-state index >= 15 is 0 Å². The summed E-state index contributed by atoms with van der Waals surface area (Å²) >= 11 is 13.3. The van der Waals surface area contributed by atoms with Crippen molar-refractivity contribution >= 4 is 74.5 Å². The first-order chi connectivity index (χ1) is 12.2. The maximum Gasteiger partial charge on any atom is 0.250 e. The second-order valence-corrected chi connectivity index (χ2v) is 9.69. The average molecular weight is 563 g/mol. The Balaban J connectivity index is 0.00000364. The summed E-state index contributed by atoms with van der Waals surface area (Å²) in [6.45, 7) is 4.11. The van der Waals surface area contributed by atoms with E-state index in [0.717, 1.165) is 10.4 Å². The van der Waals surface area contributed by atoms with E-state index in [1.54, 1.807) is 24.3 Å². The Morgan fingerprint density at radius 1 is 1.30 bits per heavy atom. The number of hydrogen-bond acceptors (Lipinski definition) is 4. The summed E-state index contributed by atoms with van der Waals surface area (Å²) in [7, 11) is -3.51. The molecule has 2 aromatic rings. The summed E-state index contributed by atoms with van der Waals surface area (Å²) in [6, 6.07) is 8.39. The highest BCUT2D eigenvalue weighted by Gasteiger charge is 2.15. The van der Waals surface area contributed by atoms with Crippen molar-refractivity contribution in [3.05, 3.63) is 50.8 Å². The number of aliphatic imine (C=N–C) groups is 1. The van der Waals surface area contributed by atoms with Gasteiger partial charge in [-0.2, -0.15) is 0 Å². The Morgan fingerprint density at radius 3 is 2.59 bits per heavy atom. The van der Waals surface area contributed by atoms with Crippen LogP contribution in [-0.2, 0) is 10.0 Å². The topological polar surface area (TPSA) is 96.6 Å². The van der Waals surface area contributed by atoms with Crippen molar-refractivity contribution in [1.29, 1.82) is 0 Å². The van der Waals surface area contributed by atoms with Crippen LogP contribution in [0, 0.1) is 6.92 Å². The van der Waals surface area contributed by atoms with Crippen LogP contribution in [0.4, 0.5) is 0 Å². The third-order valence-corrected chi connectivity index (χ3v) is 6.98. The van der Waals surface area contributed by atoms with Crippen molar-refractivity contribution in [1.82, 2.24) is 10.0 Å². The van der Waals surface area contributed by atoms with Crippen LogP contribution in [-0.4, -0.2) is 27.5 Å². The van der Waals surface area contributed by atoms with E-state index in [1.165, 1.54) is 11.3 Å². The average Bonchev–Trinajstić information content (AvgIpc) is 2.99. The maximum absolute atomic E-state index is 12.1. The van der Waals surface area contributed by atoms with Crippen molar-refractivity contribution in [3.63, 3.8) is 0 Å². The molecule has 1 heterocycles. The molecule has 0 saturated heterocycles. The monoisotopic (exact) mass is 562 g/mol. The van der Waals surface area contributed by atoms with Gasteiger partial charge >= 0.3 is 0 Å². The molecular weight excluding hydrogens is 542 g/mol. The van der Waals surface area contributed by atoms with E-state index in [1.807, 2.05) is 19.9 Å². The highest BCUT2D eigenvalue weighted by Crippen LogP contribution is 2.26. The number of nitrogens with zero attached hydrogens (tertiary/aromatic N) is 1. The largest absolute Gasteiger partial charge is 0.370 e. The number of nitrogens with one attached hydrogen (secondary N) is 2. The van der Waals surface area contributed by atoms with Crippen molar-refractivity contribution in [2.24, 2.45) is 10.7 Å². The zero-order chi connectivity index (χ0) is 19.3. The van der Waals surface area contributed by atoms with Crippen LogP contribution < -0.4 is 15.8 Å². The predicted octanol–water partition coefficient (Wildman–Crippen LogP) is 3.93. The second kappa shape index (κ2) is 10.8. The third kappa shape index (κ3) is 7.39. The Kier molecular flexibility index (Phi) is 9.80. The van der Waals surface area contributed by atoms with Gasteiger partial charge < -0.3 is 11.1 Å². The summed E-state index contributed by atoms with van der Waals surface area (Å²) < 4.78 is 27.0. The SMILES string of the molecule is Cc1ccc(S(=O)(=O)NCCN=C(N)NC(C)c2ccc(Cl)cc2Cl)s1.I. The number of sulfonamides is 1. The van der Waals surface area contributed by atoms with Gasteiger partial charge in [-0.15, -0.1) is 35.3 Å². The molecule has 1 atom stereocenters. The molecule has 150 valence electrons. The van der Waals surface area contributed by atoms with Gasteiger partial charge in [0.2, 0.25) is 10.0 Å². The number of hydrogen-bond donors (Lipinski definition) is 3. The van der Waals surface area contributed by atoms with Crippen LogP contribution in [0.3, 0.4) is 0 Å². The summed E-state index contributed by atoms with van der Waals surface area (Å²) in [5.74, 6) is 0.203. The molecule has 27 heavy (non-hydrogen) atoms. The molecule has 0 spiro atoms. The Bertz CT molecular complexity index is 904. The van der Waals surface area contributed by atoms with Gasteiger partial charge in [-0.05, 0) is 43.7 Å². The van der Waals surface area contributed by atoms with Crippen molar-refractivity contribution in [3.8, 4) is 0 Å². The maximum atomic E-state index is 12.1. The van der Waals surface area contributed by atoms with Crippen molar-refractivity contribution < 1.29 is 8.42 Å². The molecule has 1 aromatic carbocycles. The van der Waals surface area contributed by atoms with Gasteiger partial charge in [0, 0.05) is 21.5 Å². The summed E-state index contributed by atoms with van der Waals surface area (Å²) in [6.07, 6.45) is 0. The van der Waals surface area contributed by atoms with Gasteiger partial charge in [0.15, 0.2) is 5.96 Å². The van der Waals surface area contributed by atoms with E-state index in [4.69, 9.17) is 28.9 Å². The minimum Gasteiger partial charge on any atom is -0.370 e. The quantitative estimate of drug-likeness (QED) is 0.206. The number of rotatable bonds is 7. The fraction of sp³-hybridized carbons (Fsp3) is 0.312. The number of benzene rings is 1. The van der Waals surface area contributed by atoms with Gasteiger partial charge in [-0.25, -0.2) is 13.1 Å². The molecule has 0 fully saturated rings. The third-order valence-electron chi connectivity index (χ3n) is 3.46. The molecule has 0 radical (unpaired) electrons. The van der Waals surface area contributed by atoms with E-state index < -0.39 is 10.0 Å². The first-order valence-electron chi connectivity index (χ1n) is 7.76. The Morgan fingerprint density at radius 2 is 2.00 bits per heavy atom. The zero-order valence-electron chi connectivity index (χ0n) is 14.7. The molecule has 2 rings (SSSR count). The molecule has 0 aliphatic rings. The lowest BCUT2D eigenvalue weighted by Crippen LogP contribution is -2.35. The molecule has 6 nitrogen and oxygen atoms in total. The lowest BCUT2D eigenvalue weighted by Gasteiger charge is -2.16. The van der Waals surface area contributed by atoms with E-state index in [-0.39, 0.29) is 53.3 Å². The van der Waals surface area contributed by atoms with Gasteiger partial charge in [0.25, 0.3) is 0 Å². The molecule has 4 N–H and O–H groups in total. The van der Waals surface area contributed by atoms with Crippen LogP contribution in [0.1, 0.15) is 23.4 Å². The van der Waals surface area contributed by atoms with Gasteiger partial charge in [-0.3, -0.25) is 4.99 Å². The molecule has 1 aromatic heterocycles. The molecule has 0 saturated carbocycles. The van der Waals surface area contributed by atoms with Crippen LogP contribution >= 0.6 is 58.5 Å². The minimum atomic E-state index is -3.51. The highest BCUT2D eigenvalue weighted by atomic mass is 127. The molecule has 0 bridgehead atoms. The molecule has 0 amide bonds.